The third-order valence-electron chi connectivity index (χ3n) is 4.58. The number of anilines is 1. The lowest BCUT2D eigenvalue weighted by Crippen LogP contribution is -2.43. The monoisotopic (exact) mass is 457 g/mol. The van der Waals surface area contributed by atoms with E-state index >= 15 is 0 Å². The number of hydrogen-bond donors (Lipinski definition) is 2. The van der Waals surface area contributed by atoms with Crippen LogP contribution in [0, 0.1) is 11.3 Å². The van der Waals surface area contributed by atoms with Gasteiger partial charge in [-0.25, -0.2) is 9.78 Å². The summed E-state index contributed by atoms with van der Waals surface area (Å²) in [6.07, 6.45) is 1.20. The van der Waals surface area contributed by atoms with Gasteiger partial charge in [0.15, 0.2) is 0 Å². The summed E-state index contributed by atoms with van der Waals surface area (Å²) in [6.45, 7) is 7.36. The summed E-state index contributed by atoms with van der Waals surface area (Å²) < 4.78 is 1.50. The number of aromatic nitrogens is 2. The predicted octanol–water partition coefficient (Wildman–Crippen LogP) is 5.10. The Hall–Kier alpha value is -3.08. The maximum absolute atomic E-state index is 12.7. The van der Waals surface area contributed by atoms with E-state index in [4.69, 9.17) is 23.2 Å². The van der Waals surface area contributed by atoms with Crippen molar-refractivity contribution in [2.24, 2.45) is 0 Å². The molecule has 0 aliphatic heterocycles. The fourth-order valence-corrected chi connectivity index (χ4v) is 3.70. The van der Waals surface area contributed by atoms with Gasteiger partial charge in [-0.3, -0.25) is 9.36 Å². The van der Waals surface area contributed by atoms with Crippen LogP contribution in [-0.4, -0.2) is 21.1 Å². The molecular formula is C22H21Cl2N5O2. The minimum Gasteiger partial charge on any atom is -0.333 e. The van der Waals surface area contributed by atoms with Gasteiger partial charge < -0.3 is 10.6 Å². The average Bonchev–Trinajstić information content (AvgIpc) is 2.67. The summed E-state index contributed by atoms with van der Waals surface area (Å²) in [7, 11) is 0. The fraction of sp³-hybridized carbons (Fsp3) is 0.273. The molecule has 3 rings (SSSR count). The number of carbonyl (C=O) groups excluding carboxylic acids is 1. The zero-order valence-electron chi connectivity index (χ0n) is 17.5. The van der Waals surface area contributed by atoms with Crippen LogP contribution in [0.3, 0.4) is 0 Å². The number of benzene rings is 2. The highest BCUT2D eigenvalue weighted by atomic mass is 35.5. The first-order chi connectivity index (χ1) is 14.5. The molecule has 0 bridgehead atoms. The van der Waals surface area contributed by atoms with E-state index in [-0.39, 0.29) is 11.1 Å². The largest absolute Gasteiger partial charge is 0.333 e. The van der Waals surface area contributed by atoms with Gasteiger partial charge in [-0.1, -0.05) is 23.2 Å². The summed E-state index contributed by atoms with van der Waals surface area (Å²) in [5.41, 5.74) is 1.23. The first-order valence-corrected chi connectivity index (χ1v) is 10.3. The van der Waals surface area contributed by atoms with Crippen molar-refractivity contribution in [1.82, 2.24) is 14.9 Å². The van der Waals surface area contributed by atoms with Crippen LogP contribution in [0.25, 0.3) is 11.0 Å². The first kappa shape index (κ1) is 22.6. The Kier molecular flexibility index (Phi) is 6.25. The molecule has 0 saturated heterocycles. The number of nitrogens with one attached hydrogen (secondary N) is 2. The number of nitrogens with zero attached hydrogens (tertiary/aromatic N) is 3. The number of amides is 2. The van der Waals surface area contributed by atoms with Gasteiger partial charge in [0.2, 0.25) is 0 Å². The molecule has 1 heterocycles. The van der Waals surface area contributed by atoms with E-state index in [9.17, 15) is 14.9 Å². The maximum Gasteiger partial charge on any atom is 0.319 e. The molecule has 0 spiro atoms. The molecule has 3 aromatic rings. The van der Waals surface area contributed by atoms with Crippen molar-refractivity contribution in [3.8, 4) is 6.07 Å². The molecule has 160 valence electrons. The van der Waals surface area contributed by atoms with Gasteiger partial charge in [0.1, 0.15) is 6.07 Å². The van der Waals surface area contributed by atoms with E-state index < -0.39 is 17.6 Å². The number of urea groups is 1. The van der Waals surface area contributed by atoms with Crippen molar-refractivity contribution >= 4 is 46.0 Å². The van der Waals surface area contributed by atoms with Gasteiger partial charge in [-0.15, -0.1) is 0 Å². The Balaban J connectivity index is 2.14. The Bertz CT molecular complexity index is 1270. The molecule has 0 unspecified atom stereocenters. The third-order valence-corrected chi connectivity index (χ3v) is 5.16. The van der Waals surface area contributed by atoms with Crippen molar-refractivity contribution in [2.45, 2.75) is 39.3 Å². The number of carbonyl (C=O) groups is 1. The van der Waals surface area contributed by atoms with Crippen molar-refractivity contribution in [2.75, 3.05) is 5.32 Å². The molecule has 2 aromatic carbocycles. The third kappa shape index (κ3) is 4.98. The van der Waals surface area contributed by atoms with E-state index in [0.29, 0.717) is 32.3 Å². The topological polar surface area (TPSA) is 99.8 Å². The molecule has 0 saturated carbocycles. The van der Waals surface area contributed by atoms with Crippen LogP contribution < -0.4 is 16.2 Å². The highest BCUT2D eigenvalue weighted by Gasteiger charge is 2.20. The fourth-order valence-electron chi connectivity index (χ4n) is 3.24. The molecule has 1 atom stereocenters. The number of halogens is 2. The Labute approximate surface area is 189 Å². The second-order valence-corrected chi connectivity index (χ2v) is 8.98. The Morgan fingerprint density at radius 1 is 1.23 bits per heavy atom. The van der Waals surface area contributed by atoms with Crippen LogP contribution in [-0.2, 0) is 0 Å². The second-order valence-electron chi connectivity index (χ2n) is 8.14. The lowest BCUT2D eigenvalue weighted by molar-refractivity contribution is 0.244. The SMILES string of the molecule is C[C@@H](c1cc(Cl)ccc1Cl)n1c(=O)cnc2cc(NC(=O)NC(C)(C)C)c(C#N)cc21. The molecule has 0 radical (unpaired) electrons. The van der Waals surface area contributed by atoms with Crippen molar-refractivity contribution in [3.63, 3.8) is 0 Å². The first-order valence-electron chi connectivity index (χ1n) is 9.49. The zero-order chi connectivity index (χ0) is 22.9. The smallest absolute Gasteiger partial charge is 0.319 e. The number of hydrogen-bond acceptors (Lipinski definition) is 4. The van der Waals surface area contributed by atoms with Gasteiger partial charge in [0, 0.05) is 15.6 Å². The molecule has 1 aromatic heterocycles. The number of fused-ring (bicyclic) bond motifs is 1. The van der Waals surface area contributed by atoms with Crippen molar-refractivity contribution in [1.29, 1.82) is 5.26 Å². The number of nitriles is 1. The summed E-state index contributed by atoms with van der Waals surface area (Å²) >= 11 is 12.5. The summed E-state index contributed by atoms with van der Waals surface area (Å²) in [5.74, 6) is 0. The minimum absolute atomic E-state index is 0.196. The molecule has 2 amide bonds. The highest BCUT2D eigenvalue weighted by molar-refractivity contribution is 6.33. The predicted molar refractivity (Wildman–Crippen MR) is 123 cm³/mol. The summed E-state index contributed by atoms with van der Waals surface area (Å²) in [5, 5.41) is 16.1. The highest BCUT2D eigenvalue weighted by Crippen LogP contribution is 2.31. The molecule has 0 aliphatic carbocycles. The van der Waals surface area contributed by atoms with Gasteiger partial charge in [0.05, 0.1) is 34.5 Å². The van der Waals surface area contributed by atoms with Gasteiger partial charge >= 0.3 is 6.03 Å². The van der Waals surface area contributed by atoms with Crippen LogP contribution in [0.4, 0.5) is 10.5 Å². The van der Waals surface area contributed by atoms with Crippen molar-refractivity contribution in [3.05, 3.63) is 68.1 Å². The lowest BCUT2D eigenvalue weighted by Gasteiger charge is -2.22. The van der Waals surface area contributed by atoms with Crippen LogP contribution in [0.5, 0.6) is 0 Å². The minimum atomic E-state index is -0.473. The lowest BCUT2D eigenvalue weighted by atomic mass is 10.1. The zero-order valence-corrected chi connectivity index (χ0v) is 19.0. The molecule has 7 nitrogen and oxygen atoms in total. The van der Waals surface area contributed by atoms with Crippen LogP contribution in [0.1, 0.15) is 44.9 Å². The number of rotatable bonds is 3. The molecule has 0 fully saturated rings. The van der Waals surface area contributed by atoms with E-state index in [1.165, 1.54) is 16.8 Å². The Morgan fingerprint density at radius 2 is 1.94 bits per heavy atom. The summed E-state index contributed by atoms with van der Waals surface area (Å²) in [4.78, 5) is 29.2. The van der Waals surface area contributed by atoms with E-state index in [1.807, 2.05) is 27.7 Å². The van der Waals surface area contributed by atoms with Crippen LogP contribution in [0.2, 0.25) is 10.0 Å². The van der Waals surface area contributed by atoms with Gasteiger partial charge in [-0.05, 0) is 63.6 Å². The second kappa shape index (κ2) is 8.58. The Morgan fingerprint density at radius 3 is 2.58 bits per heavy atom. The molecule has 0 aliphatic rings. The van der Waals surface area contributed by atoms with Crippen LogP contribution in [0.15, 0.2) is 41.3 Å². The van der Waals surface area contributed by atoms with E-state index in [0.717, 1.165) is 0 Å². The molecule has 9 heteroatoms. The van der Waals surface area contributed by atoms with Crippen LogP contribution >= 0.6 is 23.2 Å². The van der Waals surface area contributed by atoms with Crippen molar-refractivity contribution < 1.29 is 4.79 Å². The maximum atomic E-state index is 12.7. The van der Waals surface area contributed by atoms with Gasteiger partial charge in [0.25, 0.3) is 5.56 Å². The molecular weight excluding hydrogens is 437 g/mol. The van der Waals surface area contributed by atoms with E-state index in [2.05, 4.69) is 21.7 Å². The quantitative estimate of drug-likeness (QED) is 0.570. The van der Waals surface area contributed by atoms with E-state index in [1.54, 1.807) is 24.3 Å². The molecule has 31 heavy (non-hydrogen) atoms. The van der Waals surface area contributed by atoms with Gasteiger partial charge in [-0.2, -0.15) is 5.26 Å². The molecule has 2 N–H and O–H groups in total. The standard InChI is InChI=1S/C22H21Cl2N5O2/c1-12(15-8-14(23)5-6-16(15)24)29-19-7-13(10-25)17(9-18(19)26-11-20(29)30)27-21(31)28-22(2,3)4/h5-9,11-12H,1-4H3,(H2,27,28,31)/t12-/m0/s1. The normalized spacial score (nSPS) is 12.3. The average molecular weight is 458 g/mol. The summed E-state index contributed by atoms with van der Waals surface area (Å²) in [6, 6.07) is 9.28.